The number of halogens is 2. The van der Waals surface area contributed by atoms with Crippen LogP contribution in [0.2, 0.25) is 0 Å². The fourth-order valence-electron chi connectivity index (χ4n) is 3.81. The van der Waals surface area contributed by atoms with Crippen LogP contribution in [0.3, 0.4) is 0 Å². The molecule has 0 aliphatic rings. The maximum absolute atomic E-state index is 13.7. The zero-order valence-electron chi connectivity index (χ0n) is 19.7. The SMILES string of the molecule is COc1cc2nccc(Oc3ccc(CC(=O)CC(=O)Cc4c(F)cccc4F)cc3)c2cc1OC. The Morgan fingerprint density at radius 2 is 1.44 bits per heavy atom. The molecule has 8 heteroatoms. The van der Waals surface area contributed by atoms with Gasteiger partial charge in [0.1, 0.15) is 34.7 Å². The maximum Gasteiger partial charge on any atom is 0.162 e. The number of Topliss-reactive ketones (excluding diaryl/α,β-unsaturated/α-hetero) is 2. The van der Waals surface area contributed by atoms with Crippen molar-refractivity contribution in [2.45, 2.75) is 19.3 Å². The average molecular weight is 491 g/mol. The minimum Gasteiger partial charge on any atom is -0.493 e. The minimum absolute atomic E-state index is 0.0148. The second-order valence-electron chi connectivity index (χ2n) is 8.09. The van der Waals surface area contributed by atoms with Gasteiger partial charge in [-0.3, -0.25) is 14.6 Å². The van der Waals surface area contributed by atoms with Gasteiger partial charge in [-0.2, -0.15) is 0 Å². The first kappa shape index (κ1) is 24.8. The van der Waals surface area contributed by atoms with Crippen LogP contribution in [0.4, 0.5) is 8.78 Å². The molecule has 0 N–H and O–H groups in total. The zero-order chi connectivity index (χ0) is 25.7. The first-order valence-corrected chi connectivity index (χ1v) is 11.1. The Morgan fingerprint density at radius 3 is 2.11 bits per heavy atom. The van der Waals surface area contributed by atoms with Gasteiger partial charge in [-0.25, -0.2) is 8.78 Å². The molecule has 4 aromatic rings. The summed E-state index contributed by atoms with van der Waals surface area (Å²) in [6.45, 7) is 0. The van der Waals surface area contributed by atoms with Crippen LogP contribution in [0.15, 0.2) is 66.9 Å². The molecule has 0 spiro atoms. The summed E-state index contributed by atoms with van der Waals surface area (Å²) >= 11 is 0. The van der Waals surface area contributed by atoms with E-state index in [1.165, 1.54) is 6.07 Å². The highest BCUT2D eigenvalue weighted by molar-refractivity contribution is 6.00. The van der Waals surface area contributed by atoms with Gasteiger partial charge in [-0.05, 0) is 42.0 Å². The van der Waals surface area contributed by atoms with Gasteiger partial charge in [0.15, 0.2) is 11.5 Å². The van der Waals surface area contributed by atoms with E-state index in [1.807, 2.05) is 0 Å². The monoisotopic (exact) mass is 491 g/mol. The number of hydrogen-bond donors (Lipinski definition) is 0. The van der Waals surface area contributed by atoms with E-state index in [2.05, 4.69) is 4.98 Å². The molecule has 0 saturated carbocycles. The number of aromatic nitrogens is 1. The van der Waals surface area contributed by atoms with Crippen molar-refractivity contribution in [1.82, 2.24) is 4.98 Å². The Bertz CT molecular complexity index is 1400. The van der Waals surface area contributed by atoms with Gasteiger partial charge in [0.25, 0.3) is 0 Å². The summed E-state index contributed by atoms with van der Waals surface area (Å²) in [5.41, 5.74) is 1.03. The molecule has 0 radical (unpaired) electrons. The second-order valence-corrected chi connectivity index (χ2v) is 8.09. The average Bonchev–Trinajstić information content (AvgIpc) is 2.86. The van der Waals surface area contributed by atoms with E-state index in [1.54, 1.807) is 62.9 Å². The predicted octanol–water partition coefficient (Wildman–Crippen LogP) is 5.64. The van der Waals surface area contributed by atoms with Crippen LogP contribution < -0.4 is 14.2 Å². The molecule has 0 saturated heterocycles. The fraction of sp³-hybridized carbons (Fsp3) is 0.179. The van der Waals surface area contributed by atoms with Crippen LogP contribution in [0, 0.1) is 11.6 Å². The number of fused-ring (bicyclic) bond motifs is 1. The van der Waals surface area contributed by atoms with Crippen molar-refractivity contribution < 1.29 is 32.6 Å². The van der Waals surface area contributed by atoms with Gasteiger partial charge < -0.3 is 14.2 Å². The van der Waals surface area contributed by atoms with Crippen molar-refractivity contribution in [2.24, 2.45) is 0 Å². The largest absolute Gasteiger partial charge is 0.493 e. The Kier molecular flexibility index (Phi) is 7.53. The Balaban J connectivity index is 1.40. The van der Waals surface area contributed by atoms with Crippen molar-refractivity contribution in [1.29, 1.82) is 0 Å². The van der Waals surface area contributed by atoms with E-state index >= 15 is 0 Å². The minimum atomic E-state index is -0.800. The number of benzene rings is 3. The number of carbonyl (C=O) groups is 2. The third-order valence-corrected chi connectivity index (χ3v) is 5.59. The van der Waals surface area contributed by atoms with Crippen LogP contribution in [0.1, 0.15) is 17.5 Å². The van der Waals surface area contributed by atoms with Gasteiger partial charge in [-0.1, -0.05) is 18.2 Å². The van der Waals surface area contributed by atoms with E-state index in [9.17, 15) is 18.4 Å². The molecule has 3 aromatic carbocycles. The molecule has 4 rings (SSSR count). The molecule has 184 valence electrons. The predicted molar refractivity (Wildman–Crippen MR) is 130 cm³/mol. The molecule has 6 nitrogen and oxygen atoms in total. The number of methoxy groups -OCH3 is 2. The lowest BCUT2D eigenvalue weighted by Gasteiger charge is -2.12. The van der Waals surface area contributed by atoms with Crippen LogP contribution in [0.25, 0.3) is 10.9 Å². The summed E-state index contributed by atoms with van der Waals surface area (Å²) in [6, 6.07) is 15.5. The highest BCUT2D eigenvalue weighted by atomic mass is 19.1. The lowest BCUT2D eigenvalue weighted by molar-refractivity contribution is -0.126. The van der Waals surface area contributed by atoms with Crippen molar-refractivity contribution in [3.05, 3.63) is 89.6 Å². The van der Waals surface area contributed by atoms with Gasteiger partial charge in [0.05, 0.1) is 26.2 Å². The highest BCUT2D eigenvalue weighted by Crippen LogP contribution is 2.36. The molecule has 0 aliphatic heterocycles. The molecule has 0 atom stereocenters. The van der Waals surface area contributed by atoms with E-state index in [0.717, 1.165) is 17.5 Å². The number of carbonyl (C=O) groups excluding carboxylic acids is 2. The molecule has 0 fully saturated rings. The van der Waals surface area contributed by atoms with Crippen LogP contribution in [0.5, 0.6) is 23.0 Å². The quantitative estimate of drug-likeness (QED) is 0.268. The number of hydrogen-bond acceptors (Lipinski definition) is 6. The fourth-order valence-corrected chi connectivity index (χ4v) is 3.81. The maximum atomic E-state index is 13.7. The lowest BCUT2D eigenvalue weighted by atomic mass is 10.0. The smallest absolute Gasteiger partial charge is 0.162 e. The molecular formula is C28H23F2NO5. The van der Waals surface area contributed by atoms with E-state index in [-0.39, 0.29) is 17.8 Å². The number of ketones is 2. The standard InChI is InChI=1S/C28H23F2NO5/c1-34-27-15-22-25(16-28(27)35-2)31-11-10-26(22)36-20-8-6-17(7-9-20)12-18(32)13-19(33)14-21-23(29)4-3-5-24(21)30/h3-11,15-16H,12-14H2,1-2H3. The molecule has 0 bridgehead atoms. The number of nitrogens with zero attached hydrogens (tertiary/aromatic N) is 1. The van der Waals surface area contributed by atoms with E-state index in [0.29, 0.717) is 34.1 Å². The first-order valence-electron chi connectivity index (χ1n) is 11.1. The van der Waals surface area contributed by atoms with Gasteiger partial charge >= 0.3 is 0 Å². The topological polar surface area (TPSA) is 74.7 Å². The molecule has 0 amide bonds. The summed E-state index contributed by atoms with van der Waals surface area (Å²) in [7, 11) is 3.10. The van der Waals surface area contributed by atoms with Crippen LogP contribution in [-0.2, 0) is 22.4 Å². The summed E-state index contributed by atoms with van der Waals surface area (Å²) in [5.74, 6) is -0.274. The van der Waals surface area contributed by atoms with Gasteiger partial charge in [0.2, 0.25) is 0 Å². The molecular weight excluding hydrogens is 468 g/mol. The lowest BCUT2D eigenvalue weighted by Crippen LogP contribution is -2.14. The first-order chi connectivity index (χ1) is 17.4. The Morgan fingerprint density at radius 1 is 0.806 bits per heavy atom. The van der Waals surface area contributed by atoms with Crippen molar-refractivity contribution in [3.8, 4) is 23.0 Å². The van der Waals surface area contributed by atoms with E-state index in [4.69, 9.17) is 14.2 Å². The van der Waals surface area contributed by atoms with Crippen molar-refractivity contribution in [3.63, 3.8) is 0 Å². The van der Waals surface area contributed by atoms with Crippen LogP contribution >= 0.6 is 0 Å². The summed E-state index contributed by atoms with van der Waals surface area (Å²) < 4.78 is 44.2. The van der Waals surface area contributed by atoms with Crippen molar-refractivity contribution in [2.75, 3.05) is 14.2 Å². The van der Waals surface area contributed by atoms with Gasteiger partial charge in [-0.15, -0.1) is 0 Å². The molecule has 1 heterocycles. The Hall–Kier alpha value is -4.33. The number of pyridine rings is 1. The molecule has 1 aromatic heterocycles. The highest BCUT2D eigenvalue weighted by Gasteiger charge is 2.16. The number of rotatable bonds is 10. The van der Waals surface area contributed by atoms with Gasteiger partial charge in [0, 0.05) is 36.1 Å². The normalized spacial score (nSPS) is 10.8. The third kappa shape index (κ3) is 5.66. The second kappa shape index (κ2) is 10.9. The van der Waals surface area contributed by atoms with E-state index < -0.39 is 30.3 Å². The summed E-state index contributed by atoms with van der Waals surface area (Å²) in [5, 5.41) is 0.735. The molecule has 36 heavy (non-hydrogen) atoms. The summed E-state index contributed by atoms with van der Waals surface area (Å²) in [6.07, 6.45) is 0.773. The molecule has 0 aliphatic carbocycles. The van der Waals surface area contributed by atoms with Crippen molar-refractivity contribution >= 4 is 22.5 Å². The zero-order valence-corrected chi connectivity index (χ0v) is 19.7. The van der Waals surface area contributed by atoms with Crippen LogP contribution in [-0.4, -0.2) is 30.8 Å². The summed E-state index contributed by atoms with van der Waals surface area (Å²) in [4.78, 5) is 28.9. The molecule has 0 unspecified atom stereocenters. The third-order valence-electron chi connectivity index (χ3n) is 5.59. The number of ether oxygens (including phenoxy) is 3. The Labute approximate surface area is 206 Å².